The fourth-order valence-electron chi connectivity index (χ4n) is 0.892. The van der Waals surface area contributed by atoms with E-state index < -0.39 is 0 Å². The molecule has 0 aliphatic carbocycles. The maximum Gasteiger partial charge on any atom is 0.292 e. The predicted octanol–water partition coefficient (Wildman–Crippen LogP) is 1.35. The Morgan fingerprint density at radius 1 is 1.54 bits per heavy atom. The van der Waals surface area contributed by atoms with Gasteiger partial charge in [0.25, 0.3) is 6.47 Å². The molecule has 0 atom stereocenters. The van der Waals surface area contributed by atoms with Crippen molar-refractivity contribution in [2.24, 2.45) is 0 Å². The SMILES string of the molecule is COC=O.c1cc2[nH]ccc2cn1. The number of nitrogens with one attached hydrogen (secondary N) is 1. The quantitative estimate of drug-likeness (QED) is 0.670. The summed E-state index contributed by atoms with van der Waals surface area (Å²) in [6, 6.07) is 3.96. The van der Waals surface area contributed by atoms with Crippen LogP contribution in [0.5, 0.6) is 0 Å². The number of aromatic amines is 1. The topological polar surface area (TPSA) is 55.0 Å². The molecule has 0 radical (unpaired) electrons. The second-order valence-electron chi connectivity index (χ2n) is 2.27. The minimum atomic E-state index is 0.375. The molecule has 2 rings (SSSR count). The molecular weight excluding hydrogens is 168 g/mol. The van der Waals surface area contributed by atoms with Gasteiger partial charge in [-0.15, -0.1) is 0 Å². The third-order valence-electron chi connectivity index (χ3n) is 1.45. The van der Waals surface area contributed by atoms with Crippen LogP contribution in [-0.4, -0.2) is 23.5 Å². The van der Waals surface area contributed by atoms with Gasteiger partial charge in [0.1, 0.15) is 0 Å². The lowest BCUT2D eigenvalue weighted by Gasteiger charge is -1.82. The second kappa shape index (κ2) is 4.92. The molecule has 2 heterocycles. The van der Waals surface area contributed by atoms with Crippen LogP contribution < -0.4 is 0 Å². The Bertz CT molecular complexity index is 340. The molecule has 0 unspecified atom stereocenters. The average Bonchev–Trinajstić information content (AvgIpc) is 2.66. The molecular formula is C9H10N2O2. The molecule has 0 saturated heterocycles. The van der Waals surface area contributed by atoms with E-state index in [1.165, 1.54) is 7.11 Å². The van der Waals surface area contributed by atoms with Crippen LogP contribution in [0.15, 0.2) is 30.7 Å². The smallest absolute Gasteiger partial charge is 0.292 e. The van der Waals surface area contributed by atoms with Gasteiger partial charge in [0.15, 0.2) is 0 Å². The van der Waals surface area contributed by atoms with Crippen molar-refractivity contribution in [3.8, 4) is 0 Å². The van der Waals surface area contributed by atoms with E-state index in [-0.39, 0.29) is 0 Å². The van der Waals surface area contributed by atoms with Crippen molar-refractivity contribution < 1.29 is 9.53 Å². The van der Waals surface area contributed by atoms with E-state index in [4.69, 9.17) is 4.79 Å². The van der Waals surface area contributed by atoms with Gasteiger partial charge < -0.3 is 9.72 Å². The first kappa shape index (κ1) is 9.25. The van der Waals surface area contributed by atoms with Crippen LogP contribution >= 0.6 is 0 Å². The first-order chi connectivity index (χ1) is 6.38. The Kier molecular flexibility index (Phi) is 3.50. The van der Waals surface area contributed by atoms with E-state index in [1.807, 2.05) is 24.5 Å². The summed E-state index contributed by atoms with van der Waals surface area (Å²) in [6.45, 7) is 0.375. The number of nitrogens with zero attached hydrogens (tertiary/aromatic N) is 1. The van der Waals surface area contributed by atoms with Crippen LogP contribution in [-0.2, 0) is 9.53 Å². The van der Waals surface area contributed by atoms with Crippen molar-refractivity contribution in [1.29, 1.82) is 0 Å². The number of H-pyrrole nitrogens is 1. The Balaban J connectivity index is 0.000000184. The Morgan fingerprint density at radius 3 is 2.92 bits per heavy atom. The molecule has 4 heteroatoms. The number of methoxy groups -OCH3 is 1. The maximum atomic E-state index is 8.95. The van der Waals surface area contributed by atoms with Gasteiger partial charge in [0.05, 0.1) is 7.11 Å². The molecule has 2 aromatic rings. The minimum absolute atomic E-state index is 0.375. The number of fused-ring (bicyclic) bond motifs is 1. The summed E-state index contributed by atoms with van der Waals surface area (Å²) in [7, 11) is 1.31. The summed E-state index contributed by atoms with van der Waals surface area (Å²) in [5.74, 6) is 0. The summed E-state index contributed by atoms with van der Waals surface area (Å²) in [5.41, 5.74) is 1.14. The van der Waals surface area contributed by atoms with Crippen LogP contribution in [0.2, 0.25) is 0 Å². The summed E-state index contributed by atoms with van der Waals surface area (Å²) in [5, 5.41) is 1.16. The molecule has 0 amide bonds. The molecule has 0 aliphatic heterocycles. The standard InChI is InChI=1S/C7H6N2.C2H4O2/c1-4-9-7-2-3-8-5-6(1)7;1-4-2-3/h1-5,9H;2H,1H3. The van der Waals surface area contributed by atoms with E-state index in [2.05, 4.69) is 14.7 Å². The summed E-state index contributed by atoms with van der Waals surface area (Å²) in [6.07, 6.45) is 5.52. The minimum Gasteiger partial charge on any atom is -0.471 e. The number of aromatic nitrogens is 2. The van der Waals surface area contributed by atoms with E-state index in [0.717, 1.165) is 10.9 Å². The van der Waals surface area contributed by atoms with Crippen molar-refractivity contribution >= 4 is 17.4 Å². The molecule has 0 fully saturated rings. The zero-order valence-corrected chi connectivity index (χ0v) is 7.23. The zero-order chi connectivity index (χ0) is 9.52. The van der Waals surface area contributed by atoms with Gasteiger partial charge >= 0.3 is 0 Å². The normalized spacial score (nSPS) is 8.69. The highest BCUT2D eigenvalue weighted by Gasteiger charge is 1.87. The van der Waals surface area contributed by atoms with E-state index in [0.29, 0.717) is 6.47 Å². The number of hydrogen-bond donors (Lipinski definition) is 1. The number of rotatable bonds is 1. The van der Waals surface area contributed by atoms with Crippen molar-refractivity contribution in [3.05, 3.63) is 30.7 Å². The Labute approximate surface area is 75.6 Å². The molecule has 4 nitrogen and oxygen atoms in total. The third-order valence-corrected chi connectivity index (χ3v) is 1.45. The van der Waals surface area contributed by atoms with Crippen LogP contribution in [0, 0.1) is 0 Å². The van der Waals surface area contributed by atoms with Gasteiger partial charge in [0.2, 0.25) is 0 Å². The van der Waals surface area contributed by atoms with Gasteiger partial charge in [-0.25, -0.2) is 0 Å². The molecule has 1 N–H and O–H groups in total. The van der Waals surface area contributed by atoms with Crippen LogP contribution in [0.1, 0.15) is 0 Å². The fraction of sp³-hybridized carbons (Fsp3) is 0.111. The molecule has 0 saturated carbocycles. The maximum absolute atomic E-state index is 8.95. The van der Waals surface area contributed by atoms with Gasteiger partial charge in [-0.3, -0.25) is 9.78 Å². The van der Waals surface area contributed by atoms with E-state index >= 15 is 0 Å². The summed E-state index contributed by atoms with van der Waals surface area (Å²) < 4.78 is 3.86. The highest BCUT2D eigenvalue weighted by molar-refractivity contribution is 5.77. The molecule has 0 aromatic carbocycles. The zero-order valence-electron chi connectivity index (χ0n) is 7.23. The average molecular weight is 178 g/mol. The number of pyridine rings is 1. The van der Waals surface area contributed by atoms with Gasteiger partial charge in [-0.05, 0) is 12.1 Å². The summed E-state index contributed by atoms with van der Waals surface area (Å²) >= 11 is 0. The van der Waals surface area contributed by atoms with Gasteiger partial charge in [0, 0.05) is 29.5 Å². The number of ether oxygens (including phenoxy) is 1. The summed E-state index contributed by atoms with van der Waals surface area (Å²) in [4.78, 5) is 16.0. The lowest BCUT2D eigenvalue weighted by molar-refractivity contribution is -0.126. The number of carbonyl (C=O) groups excluding carboxylic acids is 1. The lowest BCUT2D eigenvalue weighted by Crippen LogP contribution is -1.68. The van der Waals surface area contributed by atoms with E-state index in [9.17, 15) is 0 Å². The molecule has 2 aromatic heterocycles. The van der Waals surface area contributed by atoms with Crippen LogP contribution in [0.3, 0.4) is 0 Å². The Hall–Kier alpha value is -1.84. The van der Waals surface area contributed by atoms with Crippen molar-refractivity contribution in [3.63, 3.8) is 0 Å². The van der Waals surface area contributed by atoms with Gasteiger partial charge in [-0.1, -0.05) is 0 Å². The molecule has 0 spiro atoms. The molecule has 0 bridgehead atoms. The Morgan fingerprint density at radius 2 is 2.31 bits per heavy atom. The van der Waals surface area contributed by atoms with Crippen molar-refractivity contribution in [2.45, 2.75) is 0 Å². The fourth-order valence-corrected chi connectivity index (χ4v) is 0.892. The highest BCUT2D eigenvalue weighted by atomic mass is 16.5. The van der Waals surface area contributed by atoms with E-state index in [1.54, 1.807) is 6.20 Å². The van der Waals surface area contributed by atoms with Crippen LogP contribution in [0.4, 0.5) is 0 Å². The molecule has 68 valence electrons. The second-order valence-corrected chi connectivity index (χ2v) is 2.27. The molecule has 0 aliphatic rings. The monoisotopic (exact) mass is 178 g/mol. The predicted molar refractivity (Wildman–Crippen MR) is 49.2 cm³/mol. The first-order valence-electron chi connectivity index (χ1n) is 3.72. The van der Waals surface area contributed by atoms with Crippen molar-refractivity contribution in [1.82, 2.24) is 9.97 Å². The number of hydrogen-bond acceptors (Lipinski definition) is 3. The molecule has 13 heavy (non-hydrogen) atoms. The third kappa shape index (κ3) is 2.59. The number of carbonyl (C=O) groups is 1. The lowest BCUT2D eigenvalue weighted by atomic mass is 10.3. The highest BCUT2D eigenvalue weighted by Crippen LogP contribution is 2.07. The first-order valence-corrected chi connectivity index (χ1v) is 3.72. The van der Waals surface area contributed by atoms with Gasteiger partial charge in [-0.2, -0.15) is 0 Å². The van der Waals surface area contributed by atoms with Crippen LogP contribution in [0.25, 0.3) is 10.9 Å². The largest absolute Gasteiger partial charge is 0.471 e. The van der Waals surface area contributed by atoms with Crippen molar-refractivity contribution in [2.75, 3.05) is 7.11 Å².